The molecular weight excluding hydrogens is 259 g/mol. The van der Waals surface area contributed by atoms with Crippen molar-refractivity contribution in [2.75, 3.05) is 7.11 Å². The van der Waals surface area contributed by atoms with Crippen LogP contribution in [0.1, 0.15) is 22.8 Å². The van der Waals surface area contributed by atoms with E-state index in [2.05, 4.69) is 0 Å². The van der Waals surface area contributed by atoms with Crippen molar-refractivity contribution in [3.8, 4) is 11.5 Å². The Hall–Kier alpha value is -2.36. The molecular formula is C16H15FO3. The largest absolute Gasteiger partial charge is 0.490 e. The van der Waals surface area contributed by atoms with Crippen LogP contribution >= 0.6 is 0 Å². The van der Waals surface area contributed by atoms with E-state index in [0.29, 0.717) is 6.61 Å². The van der Waals surface area contributed by atoms with Crippen LogP contribution in [0.15, 0.2) is 42.5 Å². The molecule has 2 aromatic rings. The molecule has 0 amide bonds. The summed E-state index contributed by atoms with van der Waals surface area (Å²) in [4.78, 5) is 11.3. The van der Waals surface area contributed by atoms with Crippen LogP contribution in [0, 0.1) is 5.82 Å². The van der Waals surface area contributed by atoms with Gasteiger partial charge in [-0.2, -0.15) is 0 Å². The Kier molecular flexibility index (Phi) is 4.35. The minimum atomic E-state index is -0.689. The minimum absolute atomic E-state index is 0.00564. The Bertz CT molecular complexity index is 609. The van der Waals surface area contributed by atoms with Crippen LogP contribution in [0.4, 0.5) is 4.39 Å². The number of carbonyl (C=O) groups excluding carboxylic acids is 1. The molecule has 4 heteroatoms. The zero-order valence-corrected chi connectivity index (χ0v) is 11.4. The number of Topliss-reactive ketones (excluding diaryl/α,β-unsaturated/α-hetero) is 1. The zero-order chi connectivity index (χ0) is 14.5. The number of carbonyl (C=O) groups is 1. The molecule has 3 nitrogen and oxygen atoms in total. The van der Waals surface area contributed by atoms with Gasteiger partial charge in [0.25, 0.3) is 0 Å². The summed E-state index contributed by atoms with van der Waals surface area (Å²) >= 11 is 0. The summed E-state index contributed by atoms with van der Waals surface area (Å²) in [7, 11) is 1.34. The van der Waals surface area contributed by atoms with Crippen LogP contribution in [0.3, 0.4) is 0 Å². The maximum absolute atomic E-state index is 14.1. The van der Waals surface area contributed by atoms with Gasteiger partial charge in [-0.15, -0.1) is 0 Å². The first kappa shape index (κ1) is 14.1. The average molecular weight is 274 g/mol. The number of hydrogen-bond donors (Lipinski definition) is 0. The molecule has 0 N–H and O–H groups in total. The van der Waals surface area contributed by atoms with Crippen molar-refractivity contribution in [2.45, 2.75) is 13.5 Å². The molecule has 0 aliphatic heterocycles. The number of ether oxygens (including phenoxy) is 2. The SMILES string of the molecule is COc1c(OCc2ccccc2)ccc(C(C)=O)c1F. The summed E-state index contributed by atoms with van der Waals surface area (Å²) in [6, 6.07) is 12.5. The van der Waals surface area contributed by atoms with Crippen molar-refractivity contribution >= 4 is 5.78 Å². The predicted molar refractivity (Wildman–Crippen MR) is 73.7 cm³/mol. The second-order valence-corrected chi connectivity index (χ2v) is 4.29. The lowest BCUT2D eigenvalue weighted by atomic mass is 10.1. The first-order valence-electron chi connectivity index (χ1n) is 6.17. The van der Waals surface area contributed by atoms with Gasteiger partial charge in [0, 0.05) is 0 Å². The van der Waals surface area contributed by atoms with Gasteiger partial charge in [-0.05, 0) is 24.6 Å². The molecule has 0 saturated heterocycles. The van der Waals surface area contributed by atoms with E-state index in [1.165, 1.54) is 20.1 Å². The van der Waals surface area contributed by atoms with Crippen LogP contribution in [-0.4, -0.2) is 12.9 Å². The third-order valence-corrected chi connectivity index (χ3v) is 2.88. The van der Waals surface area contributed by atoms with Gasteiger partial charge in [0.15, 0.2) is 23.1 Å². The minimum Gasteiger partial charge on any atom is -0.490 e. The van der Waals surface area contributed by atoms with Crippen molar-refractivity contribution in [1.82, 2.24) is 0 Å². The molecule has 104 valence electrons. The fraction of sp³-hybridized carbons (Fsp3) is 0.188. The number of methoxy groups -OCH3 is 1. The van der Waals surface area contributed by atoms with Gasteiger partial charge in [0.05, 0.1) is 12.7 Å². The van der Waals surface area contributed by atoms with Gasteiger partial charge in [-0.1, -0.05) is 30.3 Å². The summed E-state index contributed by atoms with van der Waals surface area (Å²) in [5.41, 5.74) is 0.958. The number of benzene rings is 2. The fourth-order valence-electron chi connectivity index (χ4n) is 1.85. The maximum Gasteiger partial charge on any atom is 0.197 e. The van der Waals surface area contributed by atoms with Crippen molar-refractivity contribution in [3.63, 3.8) is 0 Å². The summed E-state index contributed by atoms with van der Waals surface area (Å²) < 4.78 is 24.6. The molecule has 2 rings (SSSR count). The average Bonchev–Trinajstić information content (AvgIpc) is 2.45. The molecule has 0 atom stereocenters. The van der Waals surface area contributed by atoms with Crippen molar-refractivity contribution in [2.24, 2.45) is 0 Å². The smallest absolute Gasteiger partial charge is 0.197 e. The Morgan fingerprint density at radius 2 is 1.85 bits per heavy atom. The molecule has 0 saturated carbocycles. The van der Waals surface area contributed by atoms with E-state index in [0.717, 1.165) is 5.56 Å². The molecule has 0 fully saturated rings. The third-order valence-electron chi connectivity index (χ3n) is 2.88. The summed E-state index contributed by atoms with van der Waals surface area (Å²) in [5.74, 6) is -0.812. The van der Waals surface area contributed by atoms with Gasteiger partial charge >= 0.3 is 0 Å². The lowest BCUT2D eigenvalue weighted by molar-refractivity contribution is 0.101. The van der Waals surface area contributed by atoms with E-state index in [4.69, 9.17) is 9.47 Å². The molecule has 2 aromatic carbocycles. The molecule has 0 heterocycles. The highest BCUT2D eigenvalue weighted by Gasteiger charge is 2.17. The summed E-state index contributed by atoms with van der Waals surface area (Å²) in [6.07, 6.45) is 0. The van der Waals surface area contributed by atoms with E-state index >= 15 is 0 Å². The lowest BCUT2D eigenvalue weighted by Crippen LogP contribution is -2.03. The maximum atomic E-state index is 14.1. The van der Waals surface area contributed by atoms with Crippen LogP contribution in [0.5, 0.6) is 11.5 Å². The first-order valence-corrected chi connectivity index (χ1v) is 6.17. The zero-order valence-electron chi connectivity index (χ0n) is 11.4. The standard InChI is InChI=1S/C16H15FO3/c1-11(18)13-8-9-14(16(19-2)15(13)17)20-10-12-6-4-3-5-7-12/h3-9H,10H2,1-2H3. The highest BCUT2D eigenvalue weighted by molar-refractivity contribution is 5.95. The first-order chi connectivity index (χ1) is 9.63. The van der Waals surface area contributed by atoms with Gasteiger partial charge in [-0.25, -0.2) is 4.39 Å². The van der Waals surface area contributed by atoms with Crippen molar-refractivity contribution in [1.29, 1.82) is 0 Å². The molecule has 0 aliphatic carbocycles. The molecule has 0 aromatic heterocycles. The van der Waals surface area contributed by atoms with Gasteiger partial charge in [-0.3, -0.25) is 4.79 Å². The monoisotopic (exact) mass is 274 g/mol. The van der Waals surface area contributed by atoms with Crippen molar-refractivity contribution in [3.05, 3.63) is 59.4 Å². The Balaban J connectivity index is 2.24. The second kappa shape index (κ2) is 6.19. The Morgan fingerprint density at radius 3 is 2.45 bits per heavy atom. The van der Waals surface area contributed by atoms with Crippen LogP contribution < -0.4 is 9.47 Å². The number of ketones is 1. The van der Waals surface area contributed by atoms with E-state index in [1.54, 1.807) is 6.07 Å². The van der Waals surface area contributed by atoms with Crippen LogP contribution in [0.25, 0.3) is 0 Å². The lowest BCUT2D eigenvalue weighted by Gasteiger charge is -2.13. The van der Waals surface area contributed by atoms with E-state index in [-0.39, 0.29) is 22.8 Å². The predicted octanol–water partition coefficient (Wildman–Crippen LogP) is 3.62. The normalized spacial score (nSPS) is 10.2. The third kappa shape index (κ3) is 2.96. The topological polar surface area (TPSA) is 35.5 Å². The fourth-order valence-corrected chi connectivity index (χ4v) is 1.85. The molecule has 20 heavy (non-hydrogen) atoms. The Labute approximate surface area is 117 Å². The Morgan fingerprint density at radius 1 is 1.15 bits per heavy atom. The molecule has 0 unspecified atom stereocenters. The molecule has 0 spiro atoms. The van der Waals surface area contributed by atoms with Gasteiger partial charge in [0.2, 0.25) is 0 Å². The van der Waals surface area contributed by atoms with Gasteiger partial charge < -0.3 is 9.47 Å². The quantitative estimate of drug-likeness (QED) is 0.781. The van der Waals surface area contributed by atoms with E-state index in [1.807, 2.05) is 30.3 Å². The molecule has 0 bridgehead atoms. The summed E-state index contributed by atoms with van der Waals surface area (Å²) in [5, 5.41) is 0. The number of rotatable bonds is 5. The second-order valence-electron chi connectivity index (χ2n) is 4.29. The van der Waals surface area contributed by atoms with Crippen LogP contribution in [-0.2, 0) is 6.61 Å². The van der Waals surface area contributed by atoms with Gasteiger partial charge in [0.1, 0.15) is 6.61 Å². The van der Waals surface area contributed by atoms with E-state index in [9.17, 15) is 9.18 Å². The van der Waals surface area contributed by atoms with Crippen molar-refractivity contribution < 1.29 is 18.7 Å². The van der Waals surface area contributed by atoms with Crippen LogP contribution in [0.2, 0.25) is 0 Å². The molecule has 0 aliphatic rings. The highest BCUT2D eigenvalue weighted by atomic mass is 19.1. The number of halogens is 1. The van der Waals surface area contributed by atoms with E-state index < -0.39 is 5.82 Å². The highest BCUT2D eigenvalue weighted by Crippen LogP contribution is 2.33. The molecule has 0 radical (unpaired) electrons. The summed E-state index contributed by atoms with van der Waals surface area (Å²) in [6.45, 7) is 1.61. The number of hydrogen-bond acceptors (Lipinski definition) is 3.